The fourth-order valence-corrected chi connectivity index (χ4v) is 3.39. The maximum absolute atomic E-state index is 13.4. The van der Waals surface area contributed by atoms with Gasteiger partial charge in [-0.15, -0.1) is 0 Å². The fourth-order valence-electron chi connectivity index (χ4n) is 1.86. The van der Waals surface area contributed by atoms with Crippen LogP contribution in [0.2, 0.25) is 0 Å². The summed E-state index contributed by atoms with van der Waals surface area (Å²) >= 11 is 0. The smallest absolute Gasteiger partial charge is 0.241 e. The van der Waals surface area contributed by atoms with Crippen LogP contribution in [0.5, 0.6) is 0 Å². The first-order valence-electron chi connectivity index (χ1n) is 5.97. The SMILES string of the molecule is C/C=C/CCNS(=O)(=O)c1c(C)cc(F)c(N)c1C. The molecular formula is C13H19FN2O2S. The van der Waals surface area contributed by atoms with Crippen molar-refractivity contribution in [3.05, 3.63) is 35.2 Å². The number of allylic oxidation sites excluding steroid dienone is 1. The molecule has 0 bridgehead atoms. The Labute approximate surface area is 113 Å². The minimum absolute atomic E-state index is 0.0619. The van der Waals surface area contributed by atoms with E-state index in [4.69, 9.17) is 5.73 Å². The molecule has 0 amide bonds. The van der Waals surface area contributed by atoms with Gasteiger partial charge in [0.05, 0.1) is 10.6 Å². The number of nitrogen functional groups attached to an aromatic ring is 1. The number of aryl methyl sites for hydroxylation is 1. The van der Waals surface area contributed by atoms with Gasteiger partial charge in [0.25, 0.3) is 0 Å². The Balaban J connectivity index is 3.12. The zero-order valence-electron chi connectivity index (χ0n) is 11.3. The van der Waals surface area contributed by atoms with E-state index in [1.165, 1.54) is 6.92 Å². The highest BCUT2D eigenvalue weighted by Crippen LogP contribution is 2.27. The van der Waals surface area contributed by atoms with Gasteiger partial charge in [0, 0.05) is 6.54 Å². The van der Waals surface area contributed by atoms with Crippen LogP contribution in [0.3, 0.4) is 0 Å². The first-order valence-corrected chi connectivity index (χ1v) is 7.45. The summed E-state index contributed by atoms with van der Waals surface area (Å²) in [6, 6.07) is 1.14. The van der Waals surface area contributed by atoms with Gasteiger partial charge in [0.15, 0.2) is 0 Å². The number of nitrogens with two attached hydrogens (primary N) is 1. The van der Waals surface area contributed by atoms with Crippen molar-refractivity contribution in [3.8, 4) is 0 Å². The van der Waals surface area contributed by atoms with Gasteiger partial charge in [-0.2, -0.15) is 0 Å². The van der Waals surface area contributed by atoms with E-state index in [-0.39, 0.29) is 16.1 Å². The Morgan fingerprint density at radius 2 is 2.05 bits per heavy atom. The van der Waals surface area contributed by atoms with Crippen LogP contribution in [0.15, 0.2) is 23.1 Å². The minimum atomic E-state index is -3.67. The van der Waals surface area contributed by atoms with Gasteiger partial charge in [0.1, 0.15) is 5.82 Å². The van der Waals surface area contributed by atoms with Crippen LogP contribution < -0.4 is 10.5 Å². The summed E-state index contributed by atoms with van der Waals surface area (Å²) in [7, 11) is -3.67. The van der Waals surface area contributed by atoms with E-state index in [2.05, 4.69) is 4.72 Å². The highest BCUT2D eigenvalue weighted by molar-refractivity contribution is 7.89. The second-order valence-corrected chi connectivity index (χ2v) is 6.00. The third-order valence-corrected chi connectivity index (χ3v) is 4.56. The van der Waals surface area contributed by atoms with Crippen molar-refractivity contribution in [2.75, 3.05) is 12.3 Å². The van der Waals surface area contributed by atoms with E-state index in [0.29, 0.717) is 18.5 Å². The molecule has 0 saturated heterocycles. The van der Waals surface area contributed by atoms with Crippen LogP contribution in [-0.4, -0.2) is 15.0 Å². The Kier molecular flexibility index (Phi) is 5.08. The predicted octanol–water partition coefficient (Wildman–Crippen LogP) is 2.27. The summed E-state index contributed by atoms with van der Waals surface area (Å²) in [6.07, 6.45) is 4.31. The normalized spacial score (nSPS) is 12.2. The molecule has 3 N–H and O–H groups in total. The molecule has 0 aromatic heterocycles. The van der Waals surface area contributed by atoms with E-state index in [1.54, 1.807) is 6.92 Å². The van der Waals surface area contributed by atoms with E-state index in [1.807, 2.05) is 19.1 Å². The number of hydrogen-bond acceptors (Lipinski definition) is 3. The lowest BCUT2D eigenvalue weighted by molar-refractivity contribution is 0.579. The first-order chi connectivity index (χ1) is 8.81. The van der Waals surface area contributed by atoms with Crippen molar-refractivity contribution >= 4 is 15.7 Å². The van der Waals surface area contributed by atoms with Crippen molar-refractivity contribution in [1.29, 1.82) is 0 Å². The number of halogens is 1. The lowest BCUT2D eigenvalue weighted by Crippen LogP contribution is -2.26. The molecular weight excluding hydrogens is 267 g/mol. The third kappa shape index (κ3) is 3.54. The van der Waals surface area contributed by atoms with Gasteiger partial charge in [-0.05, 0) is 44.4 Å². The van der Waals surface area contributed by atoms with Crippen LogP contribution in [-0.2, 0) is 10.0 Å². The second-order valence-electron chi connectivity index (χ2n) is 4.30. The number of nitrogens with one attached hydrogen (secondary N) is 1. The molecule has 0 fully saturated rings. The molecule has 0 aliphatic carbocycles. The average molecular weight is 286 g/mol. The van der Waals surface area contributed by atoms with Gasteiger partial charge in [0.2, 0.25) is 10.0 Å². The molecule has 1 rings (SSSR count). The van der Waals surface area contributed by atoms with Crippen LogP contribution in [0, 0.1) is 19.7 Å². The maximum atomic E-state index is 13.4. The first kappa shape index (κ1) is 15.7. The van der Waals surface area contributed by atoms with E-state index in [9.17, 15) is 12.8 Å². The maximum Gasteiger partial charge on any atom is 0.241 e. The van der Waals surface area contributed by atoms with Gasteiger partial charge in [-0.3, -0.25) is 0 Å². The molecule has 0 unspecified atom stereocenters. The minimum Gasteiger partial charge on any atom is -0.396 e. The molecule has 4 nitrogen and oxygen atoms in total. The van der Waals surface area contributed by atoms with E-state index >= 15 is 0 Å². The lowest BCUT2D eigenvalue weighted by atomic mass is 10.1. The zero-order chi connectivity index (χ0) is 14.6. The molecule has 0 spiro atoms. The number of rotatable bonds is 5. The largest absolute Gasteiger partial charge is 0.396 e. The predicted molar refractivity (Wildman–Crippen MR) is 74.9 cm³/mol. The summed E-state index contributed by atoms with van der Waals surface area (Å²) in [6.45, 7) is 5.22. The van der Waals surface area contributed by atoms with Crippen molar-refractivity contribution < 1.29 is 12.8 Å². The van der Waals surface area contributed by atoms with Crippen LogP contribution >= 0.6 is 0 Å². The van der Waals surface area contributed by atoms with Crippen molar-refractivity contribution in [2.45, 2.75) is 32.1 Å². The Bertz CT molecular complexity index is 595. The summed E-state index contributed by atoms with van der Waals surface area (Å²) in [4.78, 5) is 0.0619. The highest BCUT2D eigenvalue weighted by atomic mass is 32.2. The molecule has 0 aliphatic rings. The van der Waals surface area contributed by atoms with Crippen molar-refractivity contribution in [2.24, 2.45) is 0 Å². The number of anilines is 1. The van der Waals surface area contributed by atoms with Gasteiger partial charge in [-0.1, -0.05) is 12.2 Å². The summed E-state index contributed by atoms with van der Waals surface area (Å²) in [5.74, 6) is -0.595. The van der Waals surface area contributed by atoms with Crippen molar-refractivity contribution in [3.63, 3.8) is 0 Å². The molecule has 6 heteroatoms. The zero-order valence-corrected chi connectivity index (χ0v) is 12.1. The number of benzene rings is 1. The summed E-state index contributed by atoms with van der Waals surface area (Å²) in [5, 5.41) is 0. The third-order valence-electron chi connectivity index (χ3n) is 2.81. The molecule has 19 heavy (non-hydrogen) atoms. The molecule has 0 atom stereocenters. The number of hydrogen-bond donors (Lipinski definition) is 2. The van der Waals surface area contributed by atoms with E-state index in [0.717, 1.165) is 6.07 Å². The number of sulfonamides is 1. The highest BCUT2D eigenvalue weighted by Gasteiger charge is 2.22. The molecule has 106 valence electrons. The van der Waals surface area contributed by atoms with Crippen LogP contribution in [0.25, 0.3) is 0 Å². The summed E-state index contributed by atoms with van der Waals surface area (Å²) < 4.78 is 40.3. The monoisotopic (exact) mass is 286 g/mol. The molecule has 0 saturated carbocycles. The molecule has 1 aromatic rings. The van der Waals surface area contributed by atoms with Crippen LogP contribution in [0.4, 0.5) is 10.1 Å². The Morgan fingerprint density at radius 3 is 2.63 bits per heavy atom. The standard InChI is InChI=1S/C13H19FN2O2S/c1-4-5-6-7-16-19(17,18)13-9(2)8-11(14)12(15)10(13)3/h4-5,8,16H,6-7,15H2,1-3H3/b5-4+. The lowest BCUT2D eigenvalue weighted by Gasteiger charge is -2.14. The second kappa shape index (κ2) is 6.16. The quantitative estimate of drug-likeness (QED) is 0.495. The topological polar surface area (TPSA) is 72.2 Å². The molecule has 0 aliphatic heterocycles. The Hall–Kier alpha value is -1.40. The summed E-state index contributed by atoms with van der Waals surface area (Å²) in [5.41, 5.74) is 6.02. The van der Waals surface area contributed by atoms with Gasteiger partial charge in [-0.25, -0.2) is 17.5 Å². The Morgan fingerprint density at radius 1 is 1.42 bits per heavy atom. The van der Waals surface area contributed by atoms with E-state index < -0.39 is 15.8 Å². The molecule has 1 aromatic carbocycles. The van der Waals surface area contributed by atoms with Gasteiger partial charge < -0.3 is 5.73 Å². The molecule has 0 radical (unpaired) electrons. The molecule has 0 heterocycles. The average Bonchev–Trinajstić information content (AvgIpc) is 2.31. The van der Waals surface area contributed by atoms with Crippen molar-refractivity contribution in [1.82, 2.24) is 4.72 Å². The van der Waals surface area contributed by atoms with Crippen LogP contribution in [0.1, 0.15) is 24.5 Å². The fraction of sp³-hybridized carbons (Fsp3) is 0.385. The van der Waals surface area contributed by atoms with Gasteiger partial charge >= 0.3 is 0 Å².